The van der Waals surface area contributed by atoms with E-state index in [1.807, 2.05) is 18.2 Å². The normalized spacial score (nSPS) is 14.0. The molecule has 266 valence electrons. The monoisotopic (exact) mass is 727 g/mol. The fourth-order valence-corrected chi connectivity index (χ4v) is 10.3. The molecule has 2 aliphatic carbocycles. The zero-order valence-electron chi connectivity index (χ0n) is 31.4. The lowest BCUT2D eigenvalue weighted by molar-refractivity contribution is 0.651. The molecule has 4 heteroatoms. The van der Waals surface area contributed by atoms with Gasteiger partial charge in [-0.25, -0.2) is 4.98 Å². The van der Waals surface area contributed by atoms with Crippen molar-refractivity contribution in [2.24, 2.45) is 0 Å². The summed E-state index contributed by atoms with van der Waals surface area (Å²) < 4.78 is 8.89. The van der Waals surface area contributed by atoms with Crippen molar-refractivity contribution in [2.45, 2.75) is 19.3 Å². The number of hydrogen-bond donors (Lipinski definition) is 0. The molecular formula is C53H33N3O. The topological polar surface area (TPSA) is 43.9 Å². The van der Waals surface area contributed by atoms with Crippen LogP contribution in [0.2, 0.25) is 0 Å². The summed E-state index contributed by atoms with van der Waals surface area (Å²) in [5, 5.41) is 8.15. The third-order valence-corrected chi connectivity index (χ3v) is 12.9. The predicted molar refractivity (Wildman–Crippen MR) is 235 cm³/mol. The molecule has 0 spiro atoms. The van der Waals surface area contributed by atoms with Gasteiger partial charge in [0, 0.05) is 38.3 Å². The van der Waals surface area contributed by atoms with E-state index in [0.29, 0.717) is 5.71 Å². The third-order valence-electron chi connectivity index (χ3n) is 12.9. The van der Waals surface area contributed by atoms with Gasteiger partial charge in [0.05, 0.1) is 11.0 Å². The largest absolute Gasteiger partial charge is 0.436 e. The average Bonchev–Trinajstić information content (AvgIpc) is 3.95. The van der Waals surface area contributed by atoms with Gasteiger partial charge in [0.1, 0.15) is 16.8 Å². The maximum Gasteiger partial charge on any atom is 0.248 e. The van der Waals surface area contributed by atoms with Crippen LogP contribution in [0.3, 0.4) is 0 Å². The summed E-state index contributed by atoms with van der Waals surface area (Å²) in [4.78, 5) is 11.1. The molecule has 4 nitrogen and oxygen atoms in total. The first-order valence-electron chi connectivity index (χ1n) is 19.6. The molecule has 8 aromatic carbocycles. The Morgan fingerprint density at radius 3 is 2.12 bits per heavy atom. The molecule has 0 radical (unpaired) electrons. The van der Waals surface area contributed by atoms with E-state index in [1.165, 1.54) is 60.3 Å². The Morgan fingerprint density at radius 1 is 0.561 bits per heavy atom. The van der Waals surface area contributed by atoms with Crippen molar-refractivity contribution in [1.82, 2.24) is 14.5 Å². The summed E-state index contributed by atoms with van der Waals surface area (Å²) in [5.41, 5.74) is 16.8. The maximum absolute atomic E-state index is 6.53. The Morgan fingerprint density at radius 2 is 1.25 bits per heavy atom. The van der Waals surface area contributed by atoms with Gasteiger partial charge in [0.2, 0.25) is 5.71 Å². The van der Waals surface area contributed by atoms with Gasteiger partial charge in [-0.1, -0.05) is 148 Å². The number of fused-ring (bicyclic) bond motifs is 18. The van der Waals surface area contributed by atoms with E-state index in [1.54, 1.807) is 0 Å². The lowest BCUT2D eigenvalue weighted by atomic mass is 9.82. The number of benzene rings is 8. The van der Waals surface area contributed by atoms with E-state index in [9.17, 15) is 0 Å². The van der Waals surface area contributed by atoms with Crippen molar-refractivity contribution in [3.05, 3.63) is 180 Å². The molecule has 0 bridgehead atoms. The SMILES string of the molecule is C=C1c2ccc3ccccc3c2-c2c1c1c(c3ccccc23)c2ccccc2n1-c1nc2oc3ccccc3c2nc1-c1ccc2c(c1)C(C)(C)c1ccccc1-2. The highest BCUT2D eigenvalue weighted by Gasteiger charge is 2.37. The van der Waals surface area contributed by atoms with E-state index >= 15 is 0 Å². The van der Waals surface area contributed by atoms with Crippen molar-refractivity contribution < 1.29 is 4.42 Å². The van der Waals surface area contributed by atoms with Gasteiger partial charge in [0.25, 0.3) is 0 Å². The van der Waals surface area contributed by atoms with Gasteiger partial charge < -0.3 is 4.42 Å². The first-order valence-corrected chi connectivity index (χ1v) is 19.6. The molecule has 0 N–H and O–H groups in total. The van der Waals surface area contributed by atoms with Crippen LogP contribution < -0.4 is 0 Å². The average molecular weight is 728 g/mol. The highest BCUT2D eigenvalue weighted by Crippen LogP contribution is 2.56. The number of hydrogen-bond acceptors (Lipinski definition) is 3. The first-order chi connectivity index (χ1) is 28.0. The van der Waals surface area contributed by atoms with Crippen LogP contribution in [0.25, 0.3) is 110 Å². The molecule has 0 aliphatic heterocycles. The van der Waals surface area contributed by atoms with E-state index in [2.05, 4.69) is 152 Å². The molecule has 11 aromatic rings. The van der Waals surface area contributed by atoms with Crippen LogP contribution in [0.4, 0.5) is 0 Å². The summed E-state index contributed by atoms with van der Waals surface area (Å²) in [6.07, 6.45) is 0. The summed E-state index contributed by atoms with van der Waals surface area (Å²) in [7, 11) is 0. The minimum atomic E-state index is -0.180. The highest BCUT2D eigenvalue weighted by molar-refractivity contribution is 6.32. The molecule has 0 atom stereocenters. The van der Waals surface area contributed by atoms with Crippen LogP contribution in [0, 0.1) is 0 Å². The van der Waals surface area contributed by atoms with Gasteiger partial charge in [-0.15, -0.1) is 0 Å². The van der Waals surface area contributed by atoms with Crippen molar-refractivity contribution in [1.29, 1.82) is 0 Å². The third kappa shape index (κ3) is 3.87. The van der Waals surface area contributed by atoms with Crippen molar-refractivity contribution in [3.63, 3.8) is 0 Å². The lowest BCUT2D eigenvalue weighted by Gasteiger charge is -2.22. The number of aromatic nitrogens is 3. The number of para-hydroxylation sites is 2. The van der Waals surface area contributed by atoms with Crippen LogP contribution in [0.1, 0.15) is 36.1 Å². The fourth-order valence-electron chi connectivity index (χ4n) is 10.3. The van der Waals surface area contributed by atoms with Gasteiger partial charge in [0.15, 0.2) is 5.82 Å². The highest BCUT2D eigenvalue weighted by atomic mass is 16.3. The molecule has 0 fully saturated rings. The molecule has 3 aromatic heterocycles. The van der Waals surface area contributed by atoms with Gasteiger partial charge in [-0.3, -0.25) is 4.57 Å². The summed E-state index contributed by atoms with van der Waals surface area (Å²) in [6.45, 7) is 9.53. The summed E-state index contributed by atoms with van der Waals surface area (Å²) in [5.74, 6) is 0.729. The molecule has 0 unspecified atom stereocenters. The second kappa shape index (κ2) is 10.7. The summed E-state index contributed by atoms with van der Waals surface area (Å²) in [6, 6.07) is 54.6. The minimum absolute atomic E-state index is 0.180. The standard InChI is InChI=1S/C53H33N3O/c1-29-32-26-24-30-14-4-5-15-33(30)45(32)47-37-18-7-6-17-36(37)46-38-19-9-12-22-42(38)56(50(46)44(29)47)51-48(54-49-39-20-10-13-23-43(39)57-52(49)55-51)31-25-27-35-34-16-8-11-21-40(34)53(2,3)41(35)28-31/h4-28H,1H2,2-3H3. The Balaban J connectivity index is 1.21. The molecular weight excluding hydrogens is 695 g/mol. The summed E-state index contributed by atoms with van der Waals surface area (Å²) >= 11 is 0. The van der Waals surface area contributed by atoms with Crippen molar-refractivity contribution in [3.8, 4) is 39.3 Å². The Labute approximate surface area is 328 Å². The van der Waals surface area contributed by atoms with E-state index in [-0.39, 0.29) is 5.41 Å². The molecule has 0 saturated heterocycles. The van der Waals surface area contributed by atoms with Gasteiger partial charge in [-0.2, -0.15) is 4.98 Å². The Kier molecular flexibility index (Phi) is 5.82. The second-order valence-electron chi connectivity index (χ2n) is 16.1. The van der Waals surface area contributed by atoms with Crippen LogP contribution in [-0.4, -0.2) is 14.5 Å². The Bertz CT molecular complexity index is 3640. The van der Waals surface area contributed by atoms with Crippen molar-refractivity contribution >= 4 is 71.1 Å². The molecule has 13 rings (SSSR count). The Hall–Kier alpha value is -7.30. The van der Waals surface area contributed by atoms with Crippen LogP contribution in [0.5, 0.6) is 0 Å². The minimum Gasteiger partial charge on any atom is -0.436 e. The molecule has 57 heavy (non-hydrogen) atoms. The lowest BCUT2D eigenvalue weighted by Crippen LogP contribution is -2.15. The zero-order valence-corrected chi connectivity index (χ0v) is 31.4. The van der Waals surface area contributed by atoms with Gasteiger partial charge in [-0.05, 0) is 84.8 Å². The number of rotatable bonds is 2. The van der Waals surface area contributed by atoms with Crippen LogP contribution in [-0.2, 0) is 5.41 Å². The second-order valence-corrected chi connectivity index (χ2v) is 16.1. The quantitative estimate of drug-likeness (QED) is 0.178. The fraction of sp³-hybridized carbons (Fsp3) is 0.0566. The van der Waals surface area contributed by atoms with Gasteiger partial charge >= 0.3 is 0 Å². The van der Waals surface area contributed by atoms with E-state index in [4.69, 9.17) is 21.0 Å². The number of nitrogens with zero attached hydrogens (tertiary/aromatic N) is 3. The van der Waals surface area contributed by atoms with Crippen LogP contribution in [0.15, 0.2) is 163 Å². The molecule has 0 saturated carbocycles. The van der Waals surface area contributed by atoms with Crippen molar-refractivity contribution in [2.75, 3.05) is 0 Å². The molecule has 3 heterocycles. The molecule has 2 aliphatic rings. The zero-order chi connectivity index (χ0) is 37.7. The predicted octanol–water partition coefficient (Wildman–Crippen LogP) is 13.8. The smallest absolute Gasteiger partial charge is 0.248 e. The number of furan rings is 1. The van der Waals surface area contributed by atoms with E-state index < -0.39 is 0 Å². The maximum atomic E-state index is 6.53. The van der Waals surface area contributed by atoms with Crippen LogP contribution >= 0.6 is 0 Å². The van der Waals surface area contributed by atoms with E-state index in [0.717, 1.165) is 66.7 Å². The first kappa shape index (κ1) is 31.0. The molecule has 0 amide bonds.